The summed E-state index contributed by atoms with van der Waals surface area (Å²) in [7, 11) is 0. The molecule has 140 valence electrons. The molecule has 1 aliphatic heterocycles. The van der Waals surface area contributed by atoms with Crippen molar-refractivity contribution in [3.05, 3.63) is 0 Å². The zero-order valence-corrected chi connectivity index (χ0v) is 15.6. The summed E-state index contributed by atoms with van der Waals surface area (Å²) < 4.78 is 15.7. The zero-order valence-electron chi connectivity index (χ0n) is 15.6. The van der Waals surface area contributed by atoms with E-state index in [4.69, 9.17) is 14.2 Å². The van der Waals surface area contributed by atoms with Crippen LogP contribution < -0.4 is 0 Å². The third-order valence-electron chi connectivity index (χ3n) is 6.10. The number of carbonyl (C=O) groups excluding carboxylic acids is 3. The summed E-state index contributed by atoms with van der Waals surface area (Å²) in [6.07, 6.45) is 0.981. The first kappa shape index (κ1) is 18.2. The Kier molecular flexibility index (Phi) is 4.58. The molecule has 6 nitrogen and oxygen atoms in total. The molecular weight excluding hydrogens is 324 g/mol. The van der Waals surface area contributed by atoms with Gasteiger partial charge >= 0.3 is 17.9 Å². The van der Waals surface area contributed by atoms with Crippen molar-refractivity contribution in [2.75, 3.05) is 0 Å². The average molecular weight is 352 g/mol. The van der Waals surface area contributed by atoms with Gasteiger partial charge in [-0.2, -0.15) is 0 Å². The number of hydrogen-bond acceptors (Lipinski definition) is 6. The van der Waals surface area contributed by atoms with Crippen molar-refractivity contribution >= 4 is 17.9 Å². The molecule has 2 bridgehead atoms. The summed E-state index contributed by atoms with van der Waals surface area (Å²) >= 11 is 0. The van der Waals surface area contributed by atoms with E-state index >= 15 is 0 Å². The first-order chi connectivity index (χ1) is 11.6. The Morgan fingerprint density at radius 2 is 1.72 bits per heavy atom. The average Bonchev–Trinajstić information content (AvgIpc) is 3.13. The second-order valence-corrected chi connectivity index (χ2v) is 8.85. The molecule has 0 aromatic rings. The van der Waals surface area contributed by atoms with Gasteiger partial charge in [0.05, 0.1) is 5.92 Å². The van der Waals surface area contributed by atoms with Crippen LogP contribution in [0.5, 0.6) is 0 Å². The topological polar surface area (TPSA) is 78.9 Å². The largest absolute Gasteiger partial charge is 0.459 e. The van der Waals surface area contributed by atoms with Crippen molar-refractivity contribution in [2.45, 2.75) is 65.8 Å². The lowest BCUT2D eigenvalue weighted by Crippen LogP contribution is -2.33. The SMILES string of the molecule is CC1C2CC(C(=O)OC3CC(C(=O)OC(C)(C)C)C(=O)O3)C(C2)C1C. The predicted octanol–water partition coefficient (Wildman–Crippen LogP) is 2.69. The summed E-state index contributed by atoms with van der Waals surface area (Å²) in [4.78, 5) is 36.5. The third kappa shape index (κ3) is 3.53. The van der Waals surface area contributed by atoms with E-state index in [1.807, 2.05) is 0 Å². The van der Waals surface area contributed by atoms with E-state index in [1.165, 1.54) is 0 Å². The summed E-state index contributed by atoms with van der Waals surface area (Å²) in [6.45, 7) is 9.66. The minimum atomic E-state index is -1.02. The zero-order chi connectivity index (χ0) is 18.5. The Morgan fingerprint density at radius 1 is 1.04 bits per heavy atom. The van der Waals surface area contributed by atoms with Crippen LogP contribution in [-0.4, -0.2) is 29.8 Å². The van der Waals surface area contributed by atoms with Crippen LogP contribution >= 0.6 is 0 Å². The standard InChI is InChI=1S/C19H28O6/c1-9-10(2)12-6-11(9)7-13(12)16(20)23-15-8-14(17(21)24-15)18(22)25-19(3,4)5/h9-15H,6-8H2,1-5H3. The third-order valence-corrected chi connectivity index (χ3v) is 6.10. The molecule has 25 heavy (non-hydrogen) atoms. The van der Waals surface area contributed by atoms with Gasteiger partial charge in [0.2, 0.25) is 6.29 Å². The van der Waals surface area contributed by atoms with Crippen LogP contribution in [0.2, 0.25) is 0 Å². The number of rotatable bonds is 3. The number of cyclic esters (lactones) is 1. The maximum atomic E-state index is 12.5. The Labute approximate surface area is 148 Å². The number of ether oxygens (including phenoxy) is 3. The minimum Gasteiger partial charge on any atom is -0.459 e. The van der Waals surface area contributed by atoms with Crippen molar-refractivity contribution in [1.29, 1.82) is 0 Å². The molecule has 3 rings (SSSR count). The number of hydrogen-bond donors (Lipinski definition) is 0. The van der Waals surface area contributed by atoms with E-state index in [0.717, 1.165) is 12.8 Å². The minimum absolute atomic E-state index is 0.0340. The fraction of sp³-hybridized carbons (Fsp3) is 0.842. The molecule has 6 heteroatoms. The van der Waals surface area contributed by atoms with E-state index < -0.39 is 29.7 Å². The normalized spacial score (nSPS) is 40.0. The molecule has 1 saturated heterocycles. The van der Waals surface area contributed by atoms with E-state index in [9.17, 15) is 14.4 Å². The Balaban J connectivity index is 1.55. The van der Waals surface area contributed by atoms with Gasteiger partial charge in [0, 0.05) is 6.42 Å². The molecule has 0 spiro atoms. The van der Waals surface area contributed by atoms with Crippen LogP contribution in [0.3, 0.4) is 0 Å². The molecule has 7 atom stereocenters. The number of carbonyl (C=O) groups is 3. The second-order valence-electron chi connectivity index (χ2n) is 8.85. The van der Waals surface area contributed by atoms with Crippen LogP contribution in [0.15, 0.2) is 0 Å². The van der Waals surface area contributed by atoms with Crippen LogP contribution in [0.25, 0.3) is 0 Å². The summed E-state index contributed by atoms with van der Waals surface area (Å²) in [5.74, 6) is -0.642. The first-order valence-corrected chi connectivity index (χ1v) is 9.20. The predicted molar refractivity (Wildman–Crippen MR) is 88.0 cm³/mol. The lowest BCUT2D eigenvalue weighted by Gasteiger charge is -2.30. The van der Waals surface area contributed by atoms with Gasteiger partial charge in [0.25, 0.3) is 0 Å². The molecule has 0 aromatic carbocycles. The molecule has 7 unspecified atom stereocenters. The lowest BCUT2D eigenvalue weighted by molar-refractivity contribution is -0.182. The van der Waals surface area contributed by atoms with Gasteiger partial charge in [-0.25, -0.2) is 0 Å². The quantitative estimate of drug-likeness (QED) is 0.574. The van der Waals surface area contributed by atoms with Gasteiger partial charge in [-0.05, 0) is 57.3 Å². The fourth-order valence-electron chi connectivity index (χ4n) is 4.61. The van der Waals surface area contributed by atoms with Crippen LogP contribution in [0, 0.1) is 35.5 Å². The highest BCUT2D eigenvalue weighted by molar-refractivity contribution is 5.96. The van der Waals surface area contributed by atoms with Crippen LogP contribution in [-0.2, 0) is 28.6 Å². The monoisotopic (exact) mass is 352 g/mol. The lowest BCUT2D eigenvalue weighted by atomic mass is 9.76. The van der Waals surface area contributed by atoms with Crippen LogP contribution in [0.1, 0.15) is 53.9 Å². The van der Waals surface area contributed by atoms with Gasteiger partial charge in [-0.1, -0.05) is 13.8 Å². The van der Waals surface area contributed by atoms with Crippen molar-refractivity contribution in [3.63, 3.8) is 0 Å². The molecular formula is C19H28O6. The Hall–Kier alpha value is -1.59. The molecule has 0 aromatic heterocycles. The van der Waals surface area contributed by atoms with Crippen molar-refractivity contribution in [1.82, 2.24) is 0 Å². The second kappa shape index (κ2) is 6.29. The highest BCUT2D eigenvalue weighted by Crippen LogP contribution is 2.55. The molecule has 3 aliphatic rings. The van der Waals surface area contributed by atoms with Gasteiger partial charge in [-0.3, -0.25) is 14.4 Å². The highest BCUT2D eigenvalue weighted by Gasteiger charge is 2.53. The highest BCUT2D eigenvalue weighted by atomic mass is 16.7. The fourth-order valence-corrected chi connectivity index (χ4v) is 4.61. The summed E-state index contributed by atoms with van der Waals surface area (Å²) in [6, 6.07) is 0. The smallest absolute Gasteiger partial charge is 0.323 e. The van der Waals surface area contributed by atoms with Gasteiger partial charge in [-0.15, -0.1) is 0 Å². The van der Waals surface area contributed by atoms with Crippen molar-refractivity contribution in [3.8, 4) is 0 Å². The van der Waals surface area contributed by atoms with Gasteiger partial charge in [0.15, 0.2) is 5.92 Å². The van der Waals surface area contributed by atoms with E-state index in [2.05, 4.69) is 13.8 Å². The molecule has 1 heterocycles. The van der Waals surface area contributed by atoms with Gasteiger partial charge in [0.1, 0.15) is 5.60 Å². The Morgan fingerprint density at radius 3 is 2.28 bits per heavy atom. The van der Waals surface area contributed by atoms with E-state index in [1.54, 1.807) is 20.8 Å². The van der Waals surface area contributed by atoms with E-state index in [0.29, 0.717) is 23.7 Å². The molecule has 3 fully saturated rings. The van der Waals surface area contributed by atoms with Gasteiger partial charge < -0.3 is 14.2 Å². The molecule has 0 amide bonds. The summed E-state index contributed by atoms with van der Waals surface area (Å²) in [5, 5.41) is 0. The molecule has 2 saturated carbocycles. The van der Waals surface area contributed by atoms with Crippen molar-refractivity contribution in [2.24, 2.45) is 35.5 Å². The number of esters is 3. The Bertz CT molecular complexity index is 575. The van der Waals surface area contributed by atoms with Crippen LogP contribution in [0.4, 0.5) is 0 Å². The van der Waals surface area contributed by atoms with E-state index in [-0.39, 0.29) is 18.3 Å². The van der Waals surface area contributed by atoms with Crippen molar-refractivity contribution < 1.29 is 28.6 Å². The first-order valence-electron chi connectivity index (χ1n) is 9.20. The molecule has 0 radical (unpaired) electrons. The molecule has 0 N–H and O–H groups in total. The summed E-state index contributed by atoms with van der Waals surface area (Å²) in [5.41, 5.74) is -0.679. The maximum Gasteiger partial charge on any atom is 0.323 e. The number of fused-ring (bicyclic) bond motifs is 2. The molecule has 2 aliphatic carbocycles. The maximum absolute atomic E-state index is 12.5.